The number of hydrogen-bond donors (Lipinski definition) is 1. The van der Waals surface area contributed by atoms with Crippen molar-refractivity contribution < 1.29 is 28.7 Å². The van der Waals surface area contributed by atoms with Crippen LogP contribution in [0.2, 0.25) is 0 Å². The van der Waals surface area contributed by atoms with E-state index in [2.05, 4.69) is 12.2 Å². The van der Waals surface area contributed by atoms with Gasteiger partial charge in [-0.15, -0.1) is 0 Å². The Balaban J connectivity index is 1.23. The molecule has 39 heavy (non-hydrogen) atoms. The second kappa shape index (κ2) is 11.0. The van der Waals surface area contributed by atoms with Crippen LogP contribution in [0.1, 0.15) is 46.5 Å². The predicted octanol–water partition coefficient (Wildman–Crippen LogP) is 4.07. The maximum Gasteiger partial charge on any atom is 0.265 e. The standard InChI is InChI=1S/C30H29N3O6/c1-3-20-9-12-22(13-10-20)38-16-6-15-32-25-17-21(11-14-26(25)39-18-27(32)34)31-28(35)19(2)33-29(36)23-7-4-5-8-24(23)30(33)37/h4-5,7-14,17,19H,3,6,15-16,18H2,1-2H3,(H,31,35). The fourth-order valence-corrected chi connectivity index (χ4v) is 4.68. The summed E-state index contributed by atoms with van der Waals surface area (Å²) in [7, 11) is 0. The van der Waals surface area contributed by atoms with E-state index in [0.717, 1.165) is 17.1 Å². The number of aryl methyl sites for hydroxylation is 1. The number of rotatable bonds is 9. The second-order valence-corrected chi connectivity index (χ2v) is 9.41. The van der Waals surface area contributed by atoms with Gasteiger partial charge in [0, 0.05) is 12.2 Å². The predicted molar refractivity (Wildman–Crippen MR) is 145 cm³/mol. The Morgan fingerprint density at radius 2 is 1.69 bits per heavy atom. The van der Waals surface area contributed by atoms with E-state index in [9.17, 15) is 19.2 Å². The molecule has 1 unspecified atom stereocenters. The van der Waals surface area contributed by atoms with E-state index in [1.165, 1.54) is 12.5 Å². The molecule has 9 nitrogen and oxygen atoms in total. The van der Waals surface area contributed by atoms with Crippen molar-refractivity contribution in [3.63, 3.8) is 0 Å². The fourth-order valence-electron chi connectivity index (χ4n) is 4.68. The number of carbonyl (C=O) groups excluding carboxylic acids is 4. The molecule has 5 rings (SSSR count). The number of anilines is 2. The van der Waals surface area contributed by atoms with Crippen LogP contribution in [0.15, 0.2) is 66.7 Å². The van der Waals surface area contributed by atoms with Gasteiger partial charge >= 0.3 is 0 Å². The molecule has 0 aromatic heterocycles. The first-order chi connectivity index (χ1) is 18.9. The Hall–Kier alpha value is -4.66. The smallest absolute Gasteiger partial charge is 0.265 e. The van der Waals surface area contributed by atoms with Gasteiger partial charge in [0.05, 0.1) is 23.4 Å². The molecule has 0 saturated heterocycles. The highest BCUT2D eigenvalue weighted by Crippen LogP contribution is 2.35. The lowest BCUT2D eigenvalue weighted by Crippen LogP contribution is -2.45. The van der Waals surface area contributed by atoms with Gasteiger partial charge in [0.1, 0.15) is 17.5 Å². The number of amides is 4. The van der Waals surface area contributed by atoms with Crippen LogP contribution in [0.3, 0.4) is 0 Å². The van der Waals surface area contributed by atoms with E-state index in [-0.39, 0.29) is 23.6 Å². The van der Waals surface area contributed by atoms with E-state index in [1.54, 1.807) is 47.4 Å². The third-order valence-electron chi connectivity index (χ3n) is 6.89. The van der Waals surface area contributed by atoms with Crippen molar-refractivity contribution in [3.8, 4) is 11.5 Å². The van der Waals surface area contributed by atoms with Crippen LogP contribution in [0.4, 0.5) is 11.4 Å². The average molecular weight is 528 g/mol. The highest BCUT2D eigenvalue weighted by atomic mass is 16.5. The molecule has 1 atom stereocenters. The summed E-state index contributed by atoms with van der Waals surface area (Å²) in [6.45, 7) is 4.36. The number of imide groups is 1. The van der Waals surface area contributed by atoms with Crippen molar-refractivity contribution in [2.45, 2.75) is 32.7 Å². The Labute approximate surface area is 226 Å². The number of hydrogen-bond acceptors (Lipinski definition) is 6. The maximum absolute atomic E-state index is 13.1. The molecule has 0 aliphatic carbocycles. The maximum atomic E-state index is 13.1. The first-order valence-corrected chi connectivity index (χ1v) is 12.9. The number of nitrogens with one attached hydrogen (secondary N) is 1. The molecule has 1 N–H and O–H groups in total. The van der Waals surface area contributed by atoms with Gasteiger partial charge in [-0.2, -0.15) is 0 Å². The summed E-state index contributed by atoms with van der Waals surface area (Å²) >= 11 is 0. The highest BCUT2D eigenvalue weighted by molar-refractivity contribution is 6.23. The fraction of sp³-hybridized carbons (Fsp3) is 0.267. The van der Waals surface area contributed by atoms with Crippen molar-refractivity contribution in [2.75, 3.05) is 30.0 Å². The molecule has 4 amide bonds. The van der Waals surface area contributed by atoms with Crippen LogP contribution >= 0.6 is 0 Å². The van der Waals surface area contributed by atoms with Crippen LogP contribution in [0.25, 0.3) is 0 Å². The molecule has 0 fully saturated rings. The lowest BCUT2D eigenvalue weighted by atomic mass is 10.1. The summed E-state index contributed by atoms with van der Waals surface area (Å²) in [4.78, 5) is 53.9. The molecule has 0 bridgehead atoms. The number of ether oxygens (including phenoxy) is 2. The molecule has 2 heterocycles. The van der Waals surface area contributed by atoms with Gasteiger partial charge in [0.2, 0.25) is 5.91 Å². The van der Waals surface area contributed by atoms with Gasteiger partial charge in [0.25, 0.3) is 17.7 Å². The molecule has 0 radical (unpaired) electrons. The molecule has 2 aliphatic rings. The number of benzene rings is 3. The molecule has 200 valence electrons. The van der Waals surface area contributed by atoms with Crippen LogP contribution in [0.5, 0.6) is 11.5 Å². The largest absolute Gasteiger partial charge is 0.494 e. The topological polar surface area (TPSA) is 105 Å². The Kier molecular flexibility index (Phi) is 7.31. The molecule has 9 heteroatoms. The van der Waals surface area contributed by atoms with E-state index in [4.69, 9.17) is 9.47 Å². The molecule has 2 aliphatic heterocycles. The third-order valence-corrected chi connectivity index (χ3v) is 6.89. The van der Waals surface area contributed by atoms with Gasteiger partial charge in [-0.3, -0.25) is 24.1 Å². The normalized spacial score (nSPS) is 15.0. The summed E-state index contributed by atoms with van der Waals surface area (Å²) in [5.41, 5.74) is 2.75. The Bertz CT molecular complexity index is 1400. The van der Waals surface area contributed by atoms with E-state index in [1.807, 2.05) is 24.3 Å². The number of fused-ring (bicyclic) bond motifs is 2. The van der Waals surface area contributed by atoms with Gasteiger partial charge < -0.3 is 19.7 Å². The van der Waals surface area contributed by atoms with Crippen LogP contribution in [-0.2, 0) is 16.0 Å². The summed E-state index contributed by atoms with van der Waals surface area (Å²) in [5, 5.41) is 2.77. The monoisotopic (exact) mass is 527 g/mol. The summed E-state index contributed by atoms with van der Waals surface area (Å²) in [5.74, 6) is -0.427. The first-order valence-electron chi connectivity index (χ1n) is 12.9. The van der Waals surface area contributed by atoms with Crippen molar-refractivity contribution in [2.24, 2.45) is 0 Å². The lowest BCUT2D eigenvalue weighted by molar-refractivity contribution is -0.121. The first kappa shape index (κ1) is 26.0. The molecular formula is C30H29N3O6. The summed E-state index contributed by atoms with van der Waals surface area (Å²) in [6, 6.07) is 18.4. The summed E-state index contributed by atoms with van der Waals surface area (Å²) < 4.78 is 11.4. The second-order valence-electron chi connectivity index (χ2n) is 9.41. The Morgan fingerprint density at radius 3 is 2.36 bits per heavy atom. The minimum atomic E-state index is -1.04. The summed E-state index contributed by atoms with van der Waals surface area (Å²) in [6.07, 6.45) is 1.55. The SMILES string of the molecule is CCc1ccc(OCCCN2C(=O)COc3ccc(NC(=O)C(C)N4C(=O)c5ccccc5C4=O)cc32)cc1. The quantitative estimate of drug-likeness (QED) is 0.332. The molecule has 0 saturated carbocycles. The molecule has 0 spiro atoms. The Morgan fingerprint density at radius 1 is 1.00 bits per heavy atom. The molecule has 3 aromatic rings. The minimum absolute atomic E-state index is 0.0746. The van der Waals surface area contributed by atoms with Crippen molar-refractivity contribution in [1.29, 1.82) is 0 Å². The minimum Gasteiger partial charge on any atom is -0.494 e. The van der Waals surface area contributed by atoms with Crippen molar-refractivity contribution >= 4 is 35.0 Å². The van der Waals surface area contributed by atoms with Crippen molar-refractivity contribution in [1.82, 2.24) is 4.90 Å². The zero-order chi connectivity index (χ0) is 27.5. The zero-order valence-corrected chi connectivity index (χ0v) is 21.8. The van der Waals surface area contributed by atoms with Gasteiger partial charge in [-0.05, 0) is 67.8 Å². The van der Waals surface area contributed by atoms with E-state index >= 15 is 0 Å². The average Bonchev–Trinajstić information content (AvgIpc) is 3.21. The van der Waals surface area contributed by atoms with Crippen LogP contribution < -0.4 is 19.7 Å². The van der Waals surface area contributed by atoms with E-state index in [0.29, 0.717) is 36.7 Å². The van der Waals surface area contributed by atoms with Crippen molar-refractivity contribution in [3.05, 3.63) is 83.4 Å². The molecule has 3 aromatic carbocycles. The van der Waals surface area contributed by atoms with Crippen LogP contribution in [0, 0.1) is 0 Å². The zero-order valence-electron chi connectivity index (χ0n) is 21.8. The van der Waals surface area contributed by atoms with E-state index < -0.39 is 23.8 Å². The number of carbonyl (C=O) groups is 4. The van der Waals surface area contributed by atoms with Gasteiger partial charge in [-0.25, -0.2) is 0 Å². The van der Waals surface area contributed by atoms with Gasteiger partial charge in [0.15, 0.2) is 6.61 Å². The third kappa shape index (κ3) is 5.20. The number of nitrogens with zero attached hydrogens (tertiary/aromatic N) is 2. The highest BCUT2D eigenvalue weighted by Gasteiger charge is 2.40. The molecular weight excluding hydrogens is 498 g/mol. The van der Waals surface area contributed by atoms with Crippen LogP contribution in [-0.4, -0.2) is 54.3 Å². The lowest BCUT2D eigenvalue weighted by Gasteiger charge is -2.30. The van der Waals surface area contributed by atoms with Gasteiger partial charge in [-0.1, -0.05) is 31.2 Å².